The van der Waals surface area contributed by atoms with Crippen molar-refractivity contribution >= 4 is 22.6 Å². The van der Waals surface area contributed by atoms with Crippen LogP contribution in [0.5, 0.6) is 0 Å². The van der Waals surface area contributed by atoms with E-state index in [2.05, 4.69) is 21.9 Å². The number of halogens is 1. The van der Waals surface area contributed by atoms with Crippen molar-refractivity contribution in [2.75, 3.05) is 20.1 Å². The number of H-pyrrole nitrogens is 1. The van der Waals surface area contributed by atoms with Crippen LogP contribution in [0, 0.1) is 23.6 Å². The molecule has 39 heavy (non-hydrogen) atoms. The zero-order valence-electron chi connectivity index (χ0n) is 23.4. The molecule has 208 valence electrons. The van der Waals surface area contributed by atoms with Crippen LogP contribution in [0.3, 0.4) is 0 Å². The first-order valence-corrected chi connectivity index (χ1v) is 14.3. The molecule has 1 saturated carbocycles. The summed E-state index contributed by atoms with van der Waals surface area (Å²) in [5, 5.41) is 0.854. The smallest absolute Gasteiger partial charge is 0.224 e. The average Bonchev–Trinajstić information content (AvgIpc) is 3.30. The number of aromatic amines is 1. The predicted octanol–water partition coefficient (Wildman–Crippen LogP) is 5.67. The first-order valence-electron chi connectivity index (χ1n) is 14.3. The summed E-state index contributed by atoms with van der Waals surface area (Å²) < 4.78 is 15.2. The first kappa shape index (κ1) is 27.4. The van der Waals surface area contributed by atoms with Gasteiger partial charge in [-0.3, -0.25) is 14.6 Å². The second kappa shape index (κ2) is 10.8. The molecule has 1 aliphatic heterocycles. The highest BCUT2D eigenvalue weighted by Gasteiger charge is 2.74. The van der Waals surface area contributed by atoms with E-state index in [1.54, 1.807) is 12.3 Å². The Morgan fingerprint density at radius 1 is 1.18 bits per heavy atom. The topological polar surface area (TPSA) is 105 Å². The van der Waals surface area contributed by atoms with Gasteiger partial charge in [0.25, 0.3) is 0 Å². The number of hydrogen-bond donors (Lipinski definition) is 2. The van der Waals surface area contributed by atoms with Gasteiger partial charge in [0.15, 0.2) is 0 Å². The summed E-state index contributed by atoms with van der Waals surface area (Å²) in [5.74, 6) is 0.184. The molecule has 3 heterocycles. The number of rotatable bonds is 11. The van der Waals surface area contributed by atoms with E-state index in [1.807, 2.05) is 26.0 Å². The average molecular weight is 534 g/mol. The number of unbranched alkanes of at least 4 members (excludes halogenated alkanes) is 2. The molecule has 0 radical (unpaired) electrons. The lowest BCUT2D eigenvalue weighted by Gasteiger charge is -2.35. The molecule has 1 unspecified atom stereocenters. The molecule has 1 saturated heterocycles. The number of imidazole rings is 1. The van der Waals surface area contributed by atoms with Crippen LogP contribution in [-0.2, 0) is 9.59 Å². The normalized spacial score (nSPS) is 21.3. The van der Waals surface area contributed by atoms with Crippen molar-refractivity contribution in [2.24, 2.45) is 16.6 Å². The summed E-state index contributed by atoms with van der Waals surface area (Å²) in [7, 11) is 2.12. The lowest BCUT2D eigenvalue weighted by Crippen LogP contribution is -2.41. The monoisotopic (exact) mass is 533 g/mol. The fraction of sp³-hybridized carbons (Fsp3) is 0.548. The van der Waals surface area contributed by atoms with E-state index in [1.165, 1.54) is 6.07 Å². The summed E-state index contributed by atoms with van der Waals surface area (Å²) in [6.45, 7) is 5.67. The summed E-state index contributed by atoms with van der Waals surface area (Å²) in [4.78, 5) is 39.9. The fourth-order valence-corrected chi connectivity index (χ4v) is 6.92. The molecule has 2 fully saturated rings. The number of ketones is 1. The highest BCUT2D eigenvalue weighted by molar-refractivity contribution is 5.87. The number of pyridine rings is 1. The summed E-state index contributed by atoms with van der Waals surface area (Å²) in [6.07, 6.45) is 8.86. The molecular weight excluding hydrogens is 493 g/mol. The van der Waals surface area contributed by atoms with Crippen LogP contribution in [0.15, 0.2) is 30.5 Å². The number of aromatic nitrogens is 3. The summed E-state index contributed by atoms with van der Waals surface area (Å²) in [5.41, 5.74) is 7.91. The van der Waals surface area contributed by atoms with Crippen LogP contribution in [0.25, 0.3) is 22.2 Å². The predicted molar refractivity (Wildman–Crippen MR) is 151 cm³/mol. The number of Topliss-reactive ketones (excluding diaryl/α,β-unsaturated/α-hetero) is 1. The molecule has 1 amide bonds. The number of nitrogens with two attached hydrogens (primary N) is 1. The van der Waals surface area contributed by atoms with E-state index < -0.39 is 5.41 Å². The summed E-state index contributed by atoms with van der Waals surface area (Å²) in [6, 6.07) is 7.12. The van der Waals surface area contributed by atoms with Gasteiger partial charge in [-0.1, -0.05) is 25.8 Å². The van der Waals surface area contributed by atoms with Gasteiger partial charge in [0, 0.05) is 41.5 Å². The Bertz CT molecular complexity index is 1380. The van der Waals surface area contributed by atoms with Gasteiger partial charge in [0.2, 0.25) is 5.91 Å². The highest BCUT2D eigenvalue weighted by atomic mass is 19.1. The van der Waals surface area contributed by atoms with Gasteiger partial charge in [-0.2, -0.15) is 0 Å². The molecule has 2 aromatic heterocycles. The highest BCUT2D eigenvalue weighted by Crippen LogP contribution is 2.74. The third-order valence-corrected chi connectivity index (χ3v) is 9.39. The maximum atomic E-state index is 15.2. The SMILES string of the molecule is CCC(=O)CCCCC[C@H](c1ncc(-c2cc3ccc(C)nc3cc2F)[nH]1)C1(C(N)=O)CC12CCN(C)CC2. The molecule has 1 spiro atoms. The zero-order valence-corrected chi connectivity index (χ0v) is 23.4. The quantitative estimate of drug-likeness (QED) is 0.309. The minimum atomic E-state index is -0.661. The van der Waals surface area contributed by atoms with Crippen molar-refractivity contribution in [3.8, 4) is 11.3 Å². The number of aryl methyl sites for hydroxylation is 1. The van der Waals surface area contributed by atoms with Crippen LogP contribution >= 0.6 is 0 Å². The van der Waals surface area contributed by atoms with Gasteiger partial charge in [0.05, 0.1) is 22.8 Å². The van der Waals surface area contributed by atoms with Crippen molar-refractivity contribution in [3.05, 3.63) is 47.8 Å². The van der Waals surface area contributed by atoms with Crippen LogP contribution in [0.2, 0.25) is 0 Å². The van der Waals surface area contributed by atoms with Crippen LogP contribution in [0.1, 0.15) is 82.1 Å². The van der Waals surface area contributed by atoms with Crippen LogP contribution in [-0.4, -0.2) is 51.7 Å². The number of fused-ring (bicyclic) bond motifs is 1. The third-order valence-electron chi connectivity index (χ3n) is 9.39. The number of benzene rings is 1. The van der Waals surface area contributed by atoms with Crippen molar-refractivity contribution in [2.45, 2.75) is 77.6 Å². The first-order chi connectivity index (χ1) is 18.7. The Kier molecular flexibility index (Phi) is 7.60. The second-order valence-electron chi connectivity index (χ2n) is 11.8. The minimum absolute atomic E-state index is 0.112. The van der Waals surface area contributed by atoms with E-state index in [9.17, 15) is 9.59 Å². The summed E-state index contributed by atoms with van der Waals surface area (Å²) >= 11 is 0. The van der Waals surface area contributed by atoms with E-state index in [4.69, 9.17) is 10.7 Å². The number of amides is 1. The molecule has 2 atom stereocenters. The van der Waals surface area contributed by atoms with Crippen molar-refractivity contribution in [3.63, 3.8) is 0 Å². The molecule has 3 aromatic rings. The zero-order chi connectivity index (χ0) is 27.8. The number of piperidine rings is 1. The lowest BCUT2D eigenvalue weighted by molar-refractivity contribution is -0.126. The Hall–Kier alpha value is -3.13. The van der Waals surface area contributed by atoms with Gasteiger partial charge in [-0.05, 0) is 76.7 Å². The Balaban J connectivity index is 1.45. The molecule has 5 rings (SSSR count). The number of likely N-dealkylation sites (tertiary alicyclic amines) is 1. The van der Waals surface area contributed by atoms with Gasteiger partial charge < -0.3 is 15.6 Å². The van der Waals surface area contributed by atoms with E-state index in [0.717, 1.165) is 69.1 Å². The molecule has 0 bridgehead atoms. The number of nitrogens with one attached hydrogen (secondary N) is 1. The standard InChI is InChI=1S/C31H40FN5O2/c1-4-22(38)8-6-5-7-9-24(31(29(33)39)19-30(31)12-14-37(3)15-13-30)28-34-18-27(36-28)23-16-21-11-10-20(2)35-26(21)17-25(23)32/h10-11,16-18,24H,4-9,12-15,19H2,1-3H3,(H2,33,39)(H,34,36)/t24-,31?/m1/s1. The molecule has 7 nitrogen and oxygen atoms in total. The van der Waals surface area contributed by atoms with Gasteiger partial charge >= 0.3 is 0 Å². The number of hydrogen-bond acceptors (Lipinski definition) is 5. The Morgan fingerprint density at radius 2 is 1.95 bits per heavy atom. The van der Waals surface area contributed by atoms with Crippen molar-refractivity contribution in [1.82, 2.24) is 19.9 Å². The number of carbonyl (C=O) groups excluding carboxylic acids is 2. The fourth-order valence-electron chi connectivity index (χ4n) is 6.92. The maximum absolute atomic E-state index is 15.2. The van der Waals surface area contributed by atoms with Crippen molar-refractivity contribution < 1.29 is 14.0 Å². The largest absolute Gasteiger partial charge is 0.369 e. The molecular formula is C31H40FN5O2. The number of nitrogens with zero attached hydrogens (tertiary/aromatic N) is 3. The number of primary amides is 1. The Labute approximate surface area is 229 Å². The van der Waals surface area contributed by atoms with Crippen LogP contribution < -0.4 is 5.73 Å². The molecule has 3 N–H and O–H groups in total. The minimum Gasteiger partial charge on any atom is -0.369 e. The second-order valence-corrected chi connectivity index (χ2v) is 11.8. The maximum Gasteiger partial charge on any atom is 0.224 e. The third kappa shape index (κ3) is 5.11. The van der Waals surface area contributed by atoms with Gasteiger partial charge in [-0.15, -0.1) is 0 Å². The Morgan fingerprint density at radius 3 is 2.67 bits per heavy atom. The molecule has 1 aromatic carbocycles. The van der Waals surface area contributed by atoms with E-state index in [-0.39, 0.29) is 28.8 Å². The molecule has 2 aliphatic rings. The van der Waals surface area contributed by atoms with Crippen LogP contribution in [0.4, 0.5) is 4.39 Å². The number of carbonyl (C=O) groups is 2. The molecule has 1 aliphatic carbocycles. The molecule has 8 heteroatoms. The van der Waals surface area contributed by atoms with Gasteiger partial charge in [0.1, 0.15) is 17.4 Å². The van der Waals surface area contributed by atoms with E-state index >= 15 is 4.39 Å². The van der Waals surface area contributed by atoms with Crippen molar-refractivity contribution in [1.29, 1.82) is 0 Å². The van der Waals surface area contributed by atoms with Gasteiger partial charge in [-0.25, -0.2) is 9.37 Å². The lowest BCUT2D eigenvalue weighted by atomic mass is 9.74. The van der Waals surface area contributed by atoms with E-state index in [0.29, 0.717) is 35.4 Å².